The number of urea groups is 1. The summed E-state index contributed by atoms with van der Waals surface area (Å²) in [5.41, 5.74) is 6.71. The van der Waals surface area contributed by atoms with Gasteiger partial charge in [0.2, 0.25) is 11.9 Å². The standard InChI is InChI=1S/C21H25N5O3/c1-13(27)25-9-10-26-18(28)21(2,24-19(26)23-20(25)29)16-7-3-5-14(11-16)15-6-4-8-17(22)12-15/h3-4,6-8,11,14-15H,5,9-10,12,22H2,1-2H3,(H,23,24,29). The minimum atomic E-state index is -1.01. The molecule has 0 aromatic rings. The second kappa shape index (κ2) is 7.02. The van der Waals surface area contributed by atoms with Crippen molar-refractivity contribution < 1.29 is 14.4 Å². The first-order valence-electron chi connectivity index (χ1n) is 9.82. The molecule has 4 rings (SSSR count). The molecule has 29 heavy (non-hydrogen) atoms. The molecular formula is C21H25N5O3. The molecule has 0 aromatic carbocycles. The molecule has 152 valence electrons. The Kier molecular flexibility index (Phi) is 4.64. The number of nitrogens with two attached hydrogens (primary N) is 1. The normalized spacial score (nSPS) is 31.6. The van der Waals surface area contributed by atoms with Gasteiger partial charge in [-0.15, -0.1) is 0 Å². The maximum atomic E-state index is 13.3. The predicted octanol–water partition coefficient (Wildman–Crippen LogP) is 1.44. The summed E-state index contributed by atoms with van der Waals surface area (Å²) in [7, 11) is 0. The molecule has 3 atom stereocenters. The lowest BCUT2D eigenvalue weighted by molar-refractivity contribution is -0.130. The quantitative estimate of drug-likeness (QED) is 0.735. The van der Waals surface area contributed by atoms with Gasteiger partial charge in [-0.25, -0.2) is 4.79 Å². The smallest absolute Gasteiger partial charge is 0.353 e. The van der Waals surface area contributed by atoms with E-state index in [1.807, 2.05) is 25.2 Å². The van der Waals surface area contributed by atoms with Crippen LogP contribution in [-0.4, -0.2) is 52.2 Å². The molecule has 3 unspecified atom stereocenters. The van der Waals surface area contributed by atoms with Gasteiger partial charge < -0.3 is 11.1 Å². The molecule has 4 amide bonds. The first-order valence-corrected chi connectivity index (χ1v) is 9.82. The van der Waals surface area contributed by atoms with Gasteiger partial charge in [0.05, 0.1) is 0 Å². The van der Waals surface area contributed by atoms with E-state index in [1.165, 1.54) is 11.8 Å². The number of aliphatic imine (C=N–C) groups is 1. The monoisotopic (exact) mass is 395 g/mol. The van der Waals surface area contributed by atoms with Crippen LogP contribution in [-0.2, 0) is 9.59 Å². The third-order valence-electron chi connectivity index (χ3n) is 6.02. The van der Waals surface area contributed by atoms with Crippen LogP contribution in [0.4, 0.5) is 4.79 Å². The average molecular weight is 395 g/mol. The number of fused-ring (bicyclic) bond motifs is 1. The summed E-state index contributed by atoms with van der Waals surface area (Å²) in [6.45, 7) is 3.47. The van der Waals surface area contributed by atoms with Gasteiger partial charge in [-0.2, -0.15) is 4.99 Å². The minimum Gasteiger partial charge on any atom is -0.402 e. The SMILES string of the molecule is CC(=O)N1CCN2C(=O)C(C)(C3=CC(C4C=CC=C(N)C4)CC=C3)NC2=NC1=O. The van der Waals surface area contributed by atoms with Crippen molar-refractivity contribution in [2.45, 2.75) is 32.2 Å². The molecule has 8 nitrogen and oxygen atoms in total. The molecule has 2 heterocycles. The Labute approximate surface area is 169 Å². The van der Waals surface area contributed by atoms with Crippen LogP contribution in [0.1, 0.15) is 26.7 Å². The molecule has 2 aliphatic carbocycles. The fourth-order valence-corrected chi connectivity index (χ4v) is 4.30. The van der Waals surface area contributed by atoms with E-state index in [9.17, 15) is 14.4 Å². The first kappa shape index (κ1) is 19.2. The highest BCUT2D eigenvalue weighted by molar-refractivity contribution is 6.14. The van der Waals surface area contributed by atoms with E-state index in [4.69, 9.17) is 5.73 Å². The predicted molar refractivity (Wildman–Crippen MR) is 108 cm³/mol. The zero-order valence-corrected chi connectivity index (χ0v) is 16.6. The number of hydrogen-bond acceptors (Lipinski definition) is 5. The van der Waals surface area contributed by atoms with Crippen LogP contribution in [0.3, 0.4) is 0 Å². The Balaban J connectivity index is 1.61. The summed E-state index contributed by atoms with van der Waals surface area (Å²) in [6.07, 6.45) is 13.9. The van der Waals surface area contributed by atoms with E-state index < -0.39 is 11.6 Å². The zero-order valence-electron chi connectivity index (χ0n) is 16.6. The van der Waals surface area contributed by atoms with Gasteiger partial charge in [-0.05, 0) is 43.3 Å². The van der Waals surface area contributed by atoms with Gasteiger partial charge in [0, 0.05) is 25.7 Å². The number of imide groups is 1. The lowest BCUT2D eigenvalue weighted by Crippen LogP contribution is -2.47. The highest BCUT2D eigenvalue weighted by Crippen LogP contribution is 2.36. The number of allylic oxidation sites excluding steroid dienone is 6. The molecule has 0 radical (unpaired) electrons. The highest BCUT2D eigenvalue weighted by atomic mass is 16.2. The number of carbonyl (C=O) groups is 3. The van der Waals surface area contributed by atoms with E-state index in [-0.39, 0.29) is 42.7 Å². The number of nitrogens with one attached hydrogen (secondary N) is 1. The summed E-state index contributed by atoms with van der Waals surface area (Å²) >= 11 is 0. The second-order valence-corrected chi connectivity index (χ2v) is 8.01. The van der Waals surface area contributed by atoms with Gasteiger partial charge in [0.15, 0.2) is 0 Å². The molecule has 8 heteroatoms. The van der Waals surface area contributed by atoms with Crippen LogP contribution >= 0.6 is 0 Å². The molecule has 0 bridgehead atoms. The number of amides is 4. The summed E-state index contributed by atoms with van der Waals surface area (Å²) in [5, 5.41) is 3.14. The first-order chi connectivity index (χ1) is 13.8. The lowest BCUT2D eigenvalue weighted by Gasteiger charge is -2.31. The van der Waals surface area contributed by atoms with Crippen LogP contribution in [0.15, 0.2) is 52.7 Å². The third kappa shape index (κ3) is 3.28. The van der Waals surface area contributed by atoms with Crippen molar-refractivity contribution in [1.82, 2.24) is 15.1 Å². The Hall–Kier alpha value is -3.16. The van der Waals surface area contributed by atoms with Gasteiger partial charge in [-0.1, -0.05) is 30.4 Å². The highest BCUT2D eigenvalue weighted by Gasteiger charge is 2.50. The van der Waals surface area contributed by atoms with Crippen LogP contribution in [0.5, 0.6) is 0 Å². The third-order valence-corrected chi connectivity index (χ3v) is 6.02. The molecule has 2 aliphatic heterocycles. The van der Waals surface area contributed by atoms with Gasteiger partial charge >= 0.3 is 6.03 Å². The fourth-order valence-electron chi connectivity index (χ4n) is 4.30. The molecule has 0 saturated carbocycles. The topological polar surface area (TPSA) is 108 Å². The van der Waals surface area contributed by atoms with E-state index >= 15 is 0 Å². The maximum absolute atomic E-state index is 13.3. The largest absolute Gasteiger partial charge is 0.402 e. The Morgan fingerprint density at radius 3 is 2.83 bits per heavy atom. The number of guanidine groups is 1. The summed E-state index contributed by atoms with van der Waals surface area (Å²) < 4.78 is 0. The maximum Gasteiger partial charge on any atom is 0.353 e. The Morgan fingerprint density at radius 1 is 1.31 bits per heavy atom. The fraction of sp³-hybridized carbons (Fsp3) is 0.429. The summed E-state index contributed by atoms with van der Waals surface area (Å²) in [5.74, 6) is 0.165. The number of nitrogens with zero attached hydrogens (tertiary/aromatic N) is 3. The Bertz CT molecular complexity index is 929. The van der Waals surface area contributed by atoms with Crippen LogP contribution < -0.4 is 11.1 Å². The van der Waals surface area contributed by atoms with Crippen molar-refractivity contribution in [2.75, 3.05) is 13.1 Å². The van der Waals surface area contributed by atoms with Gasteiger partial charge in [-0.3, -0.25) is 19.4 Å². The number of carbonyl (C=O) groups excluding carboxylic acids is 3. The average Bonchev–Trinajstić information content (AvgIpc) is 2.83. The zero-order chi connectivity index (χ0) is 20.8. The van der Waals surface area contributed by atoms with E-state index in [0.717, 1.165) is 29.0 Å². The van der Waals surface area contributed by atoms with Crippen molar-refractivity contribution >= 4 is 23.8 Å². The molecule has 0 aromatic heterocycles. The molecule has 1 saturated heterocycles. The minimum absolute atomic E-state index is 0.126. The summed E-state index contributed by atoms with van der Waals surface area (Å²) in [4.78, 5) is 43.7. The van der Waals surface area contributed by atoms with Crippen molar-refractivity contribution in [3.63, 3.8) is 0 Å². The van der Waals surface area contributed by atoms with E-state index in [0.29, 0.717) is 0 Å². The second-order valence-electron chi connectivity index (χ2n) is 8.01. The Morgan fingerprint density at radius 2 is 2.10 bits per heavy atom. The van der Waals surface area contributed by atoms with Crippen LogP contribution in [0, 0.1) is 11.8 Å². The van der Waals surface area contributed by atoms with Gasteiger partial charge in [0.25, 0.3) is 5.91 Å². The lowest BCUT2D eigenvalue weighted by atomic mass is 9.77. The van der Waals surface area contributed by atoms with Crippen molar-refractivity contribution in [3.8, 4) is 0 Å². The van der Waals surface area contributed by atoms with Crippen LogP contribution in [0.2, 0.25) is 0 Å². The van der Waals surface area contributed by atoms with Crippen molar-refractivity contribution in [3.05, 3.63) is 47.7 Å². The number of rotatable bonds is 2. The van der Waals surface area contributed by atoms with Crippen LogP contribution in [0.25, 0.3) is 0 Å². The molecule has 1 fully saturated rings. The summed E-state index contributed by atoms with van der Waals surface area (Å²) in [6, 6.07) is -0.653. The molecular weight excluding hydrogens is 370 g/mol. The molecule has 3 N–H and O–H groups in total. The molecule has 0 spiro atoms. The van der Waals surface area contributed by atoms with E-state index in [2.05, 4.69) is 28.5 Å². The van der Waals surface area contributed by atoms with E-state index in [1.54, 1.807) is 0 Å². The van der Waals surface area contributed by atoms with Crippen molar-refractivity contribution in [2.24, 2.45) is 22.6 Å². The molecule has 4 aliphatic rings. The number of hydrogen-bond donors (Lipinski definition) is 2. The van der Waals surface area contributed by atoms with Gasteiger partial charge in [0.1, 0.15) is 5.54 Å². The van der Waals surface area contributed by atoms with Crippen molar-refractivity contribution in [1.29, 1.82) is 0 Å².